The quantitative estimate of drug-likeness (QED) is 0.240. The zero-order valence-corrected chi connectivity index (χ0v) is 25.1. The van der Waals surface area contributed by atoms with Gasteiger partial charge in [-0.1, -0.05) is 72.0 Å². The molecule has 1 fully saturated rings. The molecule has 1 saturated heterocycles. The lowest BCUT2D eigenvalue weighted by atomic mass is 9.95. The smallest absolute Gasteiger partial charge is 0.230 e. The van der Waals surface area contributed by atoms with Crippen LogP contribution in [0.2, 0.25) is 0 Å². The van der Waals surface area contributed by atoms with Gasteiger partial charge >= 0.3 is 0 Å². The van der Waals surface area contributed by atoms with Crippen molar-refractivity contribution in [3.63, 3.8) is 0 Å². The van der Waals surface area contributed by atoms with E-state index in [4.69, 9.17) is 9.47 Å². The normalized spacial score (nSPS) is 15.3. The van der Waals surface area contributed by atoms with Gasteiger partial charge in [0, 0.05) is 33.2 Å². The van der Waals surface area contributed by atoms with Crippen LogP contribution >= 0.6 is 11.3 Å². The topological polar surface area (TPSA) is 87.4 Å². The minimum atomic E-state index is -0.236. The van der Waals surface area contributed by atoms with Gasteiger partial charge in [-0.2, -0.15) is 4.52 Å². The molecular weight excluding hydrogens is 548 g/mol. The summed E-state index contributed by atoms with van der Waals surface area (Å²) in [7, 11) is 5.15. The van der Waals surface area contributed by atoms with E-state index in [0.29, 0.717) is 22.3 Å². The lowest BCUT2D eigenvalue weighted by Crippen LogP contribution is -2.49. The molecule has 3 aromatic carbocycles. The van der Waals surface area contributed by atoms with Gasteiger partial charge in [-0.25, -0.2) is 4.98 Å². The molecule has 1 atom stereocenters. The number of fused-ring (bicyclic) bond motifs is 1. The van der Waals surface area contributed by atoms with Crippen LogP contribution in [0.4, 0.5) is 5.69 Å². The Kier molecular flexibility index (Phi) is 8.01. The van der Waals surface area contributed by atoms with Crippen LogP contribution in [-0.2, 0) is 0 Å². The zero-order valence-electron chi connectivity index (χ0n) is 24.3. The molecule has 10 heteroatoms. The standard InChI is InChI=1S/C32H36N6O3S/c1-21-34-32-38(35-21)31(39)30(42-32)28(24-19-25(33-2)29(41-4)26(20-24)40-3)37-17-15-36(16-18-37)27(22-11-7-5-8-12-22)23-13-9-6-10-14-23/h5-14,19-20,27-28,33,39H,15-18H2,1-4H3. The van der Waals surface area contributed by atoms with Crippen molar-refractivity contribution in [2.75, 3.05) is 52.8 Å². The Morgan fingerprint density at radius 3 is 1.95 bits per heavy atom. The number of hydrogen-bond donors (Lipinski definition) is 2. The second-order valence-electron chi connectivity index (χ2n) is 10.4. The fourth-order valence-corrected chi connectivity index (χ4v) is 7.18. The molecule has 0 spiro atoms. The number of rotatable bonds is 9. The van der Waals surface area contributed by atoms with Crippen LogP contribution in [0.5, 0.6) is 17.4 Å². The number of aryl methyl sites for hydroxylation is 1. The summed E-state index contributed by atoms with van der Waals surface area (Å²) in [5, 5.41) is 19.1. The van der Waals surface area contributed by atoms with Gasteiger partial charge in [-0.05, 0) is 35.7 Å². The van der Waals surface area contributed by atoms with Crippen molar-refractivity contribution in [2.24, 2.45) is 0 Å². The van der Waals surface area contributed by atoms with E-state index in [1.165, 1.54) is 22.5 Å². The van der Waals surface area contributed by atoms with E-state index in [1.54, 1.807) is 18.7 Å². The summed E-state index contributed by atoms with van der Waals surface area (Å²) in [6.45, 7) is 5.15. The van der Waals surface area contributed by atoms with Crippen LogP contribution in [0.3, 0.4) is 0 Å². The summed E-state index contributed by atoms with van der Waals surface area (Å²) in [4.78, 5) is 11.0. The van der Waals surface area contributed by atoms with Crippen LogP contribution in [0, 0.1) is 6.92 Å². The Balaban J connectivity index is 1.38. The minimum Gasteiger partial charge on any atom is -0.493 e. The second-order valence-corrected chi connectivity index (χ2v) is 11.4. The number of benzene rings is 3. The lowest BCUT2D eigenvalue weighted by molar-refractivity contribution is 0.0898. The fourth-order valence-electron chi connectivity index (χ4n) is 6.02. The maximum absolute atomic E-state index is 11.4. The number of nitrogens with zero attached hydrogens (tertiary/aromatic N) is 5. The molecule has 0 aliphatic carbocycles. The van der Waals surface area contributed by atoms with Crippen molar-refractivity contribution < 1.29 is 14.6 Å². The SMILES string of the molecule is CNc1cc(C(c2sc3nc(C)nn3c2O)N2CCN(C(c3ccccc3)c3ccccc3)CC2)cc(OC)c1OC. The maximum Gasteiger partial charge on any atom is 0.230 e. The molecule has 0 bridgehead atoms. The van der Waals surface area contributed by atoms with Crippen LogP contribution in [-0.4, -0.2) is 77.0 Å². The molecular formula is C32H36N6O3S. The monoisotopic (exact) mass is 584 g/mol. The van der Waals surface area contributed by atoms with E-state index in [-0.39, 0.29) is 18.0 Å². The third-order valence-corrected chi connectivity index (χ3v) is 9.02. The molecule has 2 aromatic heterocycles. The molecule has 0 radical (unpaired) electrons. The second kappa shape index (κ2) is 12.0. The first kappa shape index (κ1) is 28.0. The third kappa shape index (κ3) is 5.17. The summed E-state index contributed by atoms with van der Waals surface area (Å²) in [6.07, 6.45) is 0. The Labute approximate surface area is 250 Å². The Bertz CT molecular complexity index is 1580. The van der Waals surface area contributed by atoms with Crippen molar-refractivity contribution in [2.45, 2.75) is 19.0 Å². The van der Waals surface area contributed by atoms with Crippen LogP contribution in [0.1, 0.15) is 39.5 Å². The zero-order chi connectivity index (χ0) is 29.2. The molecule has 3 heterocycles. The maximum atomic E-state index is 11.4. The van der Waals surface area contributed by atoms with E-state index in [1.807, 2.05) is 20.0 Å². The summed E-state index contributed by atoms with van der Waals surface area (Å²) in [5.74, 6) is 2.02. The van der Waals surface area contributed by atoms with E-state index < -0.39 is 0 Å². The first-order chi connectivity index (χ1) is 20.5. The van der Waals surface area contributed by atoms with Crippen molar-refractivity contribution in [3.8, 4) is 17.4 Å². The first-order valence-electron chi connectivity index (χ1n) is 14.1. The molecule has 6 rings (SSSR count). The van der Waals surface area contributed by atoms with Crippen molar-refractivity contribution >= 4 is 22.0 Å². The van der Waals surface area contributed by atoms with Gasteiger partial charge in [0.25, 0.3) is 0 Å². The number of ether oxygens (including phenoxy) is 2. The molecule has 0 saturated carbocycles. The summed E-state index contributed by atoms with van der Waals surface area (Å²) < 4.78 is 13.0. The molecule has 42 heavy (non-hydrogen) atoms. The highest BCUT2D eigenvalue weighted by atomic mass is 32.1. The number of piperazine rings is 1. The largest absolute Gasteiger partial charge is 0.493 e. The van der Waals surface area contributed by atoms with E-state index in [0.717, 1.165) is 42.3 Å². The van der Waals surface area contributed by atoms with Crippen LogP contribution < -0.4 is 14.8 Å². The number of methoxy groups -OCH3 is 2. The lowest BCUT2D eigenvalue weighted by Gasteiger charge is -2.42. The summed E-state index contributed by atoms with van der Waals surface area (Å²) >= 11 is 1.47. The molecule has 1 aliphatic rings. The highest BCUT2D eigenvalue weighted by molar-refractivity contribution is 7.17. The summed E-state index contributed by atoms with van der Waals surface area (Å²) in [5.41, 5.74) is 4.37. The number of nitrogens with one attached hydrogen (secondary N) is 1. The Morgan fingerprint density at radius 1 is 0.833 bits per heavy atom. The Hall–Kier alpha value is -4.12. The van der Waals surface area contributed by atoms with E-state index in [2.05, 4.69) is 91.9 Å². The van der Waals surface area contributed by atoms with Crippen molar-refractivity contribution in [1.29, 1.82) is 0 Å². The summed E-state index contributed by atoms with van der Waals surface area (Å²) in [6, 6.07) is 25.4. The molecule has 1 aliphatic heterocycles. The van der Waals surface area contributed by atoms with Gasteiger partial charge in [-0.15, -0.1) is 5.10 Å². The fraction of sp³-hybridized carbons (Fsp3) is 0.312. The molecule has 218 valence electrons. The van der Waals surface area contributed by atoms with Gasteiger partial charge in [0.05, 0.1) is 36.9 Å². The first-order valence-corrected chi connectivity index (χ1v) is 14.9. The molecule has 0 amide bonds. The predicted molar refractivity (Wildman–Crippen MR) is 166 cm³/mol. The van der Waals surface area contributed by atoms with Crippen LogP contribution in [0.15, 0.2) is 72.8 Å². The minimum absolute atomic E-state index is 0.121. The van der Waals surface area contributed by atoms with Gasteiger partial charge in [-0.3, -0.25) is 9.80 Å². The van der Waals surface area contributed by atoms with E-state index >= 15 is 0 Å². The van der Waals surface area contributed by atoms with Gasteiger partial charge < -0.3 is 19.9 Å². The van der Waals surface area contributed by atoms with E-state index in [9.17, 15) is 5.11 Å². The van der Waals surface area contributed by atoms with Crippen LogP contribution in [0.25, 0.3) is 4.96 Å². The predicted octanol–water partition coefficient (Wildman–Crippen LogP) is 5.36. The number of aromatic nitrogens is 3. The third-order valence-electron chi connectivity index (χ3n) is 7.95. The highest BCUT2D eigenvalue weighted by Crippen LogP contribution is 2.45. The molecule has 2 N–H and O–H groups in total. The Morgan fingerprint density at radius 2 is 1.43 bits per heavy atom. The van der Waals surface area contributed by atoms with Gasteiger partial charge in [0.1, 0.15) is 5.82 Å². The van der Waals surface area contributed by atoms with Crippen molar-refractivity contribution in [3.05, 3.63) is 100 Å². The van der Waals surface area contributed by atoms with Gasteiger partial charge in [0.2, 0.25) is 10.8 Å². The molecule has 1 unspecified atom stereocenters. The average molecular weight is 585 g/mol. The number of thiazole rings is 1. The molecule has 5 aromatic rings. The highest BCUT2D eigenvalue weighted by Gasteiger charge is 2.35. The average Bonchev–Trinajstić information content (AvgIpc) is 3.54. The number of hydrogen-bond acceptors (Lipinski definition) is 9. The molecule has 9 nitrogen and oxygen atoms in total. The van der Waals surface area contributed by atoms with Crippen molar-refractivity contribution in [1.82, 2.24) is 24.4 Å². The number of anilines is 1. The number of aromatic hydroxyl groups is 1. The van der Waals surface area contributed by atoms with Gasteiger partial charge in [0.15, 0.2) is 11.5 Å².